The summed E-state index contributed by atoms with van der Waals surface area (Å²) < 4.78 is 2.40. The van der Waals surface area contributed by atoms with Gasteiger partial charge >= 0.3 is 0 Å². The Balaban J connectivity index is 1.64. The Labute approximate surface area is 130 Å². The van der Waals surface area contributed by atoms with Gasteiger partial charge in [0.25, 0.3) is 5.91 Å². The minimum absolute atomic E-state index is 0.147. The fraction of sp³-hybridized carbons (Fsp3) is 0.385. The number of amides is 1. The number of carbonyl (C=O) groups is 1. The molecule has 1 aliphatic heterocycles. The first-order valence-corrected chi connectivity index (χ1v) is 8.51. The lowest BCUT2D eigenvalue weighted by Crippen LogP contribution is -2.50. The molecule has 1 amide bonds. The molecule has 2 aromatic rings. The molecule has 0 aromatic carbocycles. The molecule has 20 heavy (non-hydrogen) atoms. The van der Waals surface area contributed by atoms with E-state index in [1.807, 2.05) is 11.0 Å². The second-order valence-electron chi connectivity index (χ2n) is 4.79. The Kier molecular flexibility index (Phi) is 4.02. The number of fused-ring (bicyclic) bond motifs is 1. The van der Waals surface area contributed by atoms with E-state index in [9.17, 15) is 4.79 Å². The highest BCUT2D eigenvalue weighted by molar-refractivity contribution is 7.80. The first-order chi connectivity index (χ1) is 9.63. The van der Waals surface area contributed by atoms with Crippen molar-refractivity contribution in [3.8, 4) is 0 Å². The van der Waals surface area contributed by atoms with Gasteiger partial charge in [-0.15, -0.1) is 22.7 Å². The SMILES string of the molecule is NC(=S)CN1CCN(C(=O)c2cc3sccc3s2)CC1. The summed E-state index contributed by atoms with van der Waals surface area (Å²) in [4.78, 5) is 17.9. The monoisotopic (exact) mass is 325 g/mol. The number of hydrogen-bond donors (Lipinski definition) is 1. The fourth-order valence-corrected chi connectivity index (χ4v) is 4.62. The van der Waals surface area contributed by atoms with Crippen LogP contribution in [0.5, 0.6) is 0 Å². The van der Waals surface area contributed by atoms with Crippen molar-refractivity contribution in [3.63, 3.8) is 0 Å². The molecule has 1 aliphatic rings. The zero-order valence-electron chi connectivity index (χ0n) is 10.9. The van der Waals surface area contributed by atoms with Crippen molar-refractivity contribution in [2.24, 2.45) is 5.73 Å². The van der Waals surface area contributed by atoms with Crippen LogP contribution in [0.4, 0.5) is 0 Å². The molecule has 0 atom stereocenters. The molecule has 4 nitrogen and oxygen atoms in total. The molecular weight excluding hydrogens is 310 g/mol. The van der Waals surface area contributed by atoms with Crippen molar-refractivity contribution >= 4 is 55.2 Å². The summed E-state index contributed by atoms with van der Waals surface area (Å²) >= 11 is 8.18. The third kappa shape index (κ3) is 2.85. The summed E-state index contributed by atoms with van der Waals surface area (Å²) in [5.41, 5.74) is 5.55. The van der Waals surface area contributed by atoms with Gasteiger partial charge in [0.1, 0.15) is 0 Å². The maximum atomic E-state index is 12.5. The number of carbonyl (C=O) groups excluding carboxylic acids is 1. The Morgan fingerprint density at radius 3 is 2.70 bits per heavy atom. The van der Waals surface area contributed by atoms with Gasteiger partial charge in [-0.05, 0) is 17.5 Å². The largest absolute Gasteiger partial charge is 0.392 e. The second kappa shape index (κ2) is 5.77. The summed E-state index contributed by atoms with van der Waals surface area (Å²) in [5, 5.41) is 2.06. The van der Waals surface area contributed by atoms with Gasteiger partial charge in [0.2, 0.25) is 0 Å². The molecule has 3 heterocycles. The van der Waals surface area contributed by atoms with Crippen LogP contribution in [0.2, 0.25) is 0 Å². The maximum Gasteiger partial charge on any atom is 0.264 e. The third-order valence-corrected chi connectivity index (χ3v) is 5.60. The van der Waals surface area contributed by atoms with Crippen molar-refractivity contribution in [1.82, 2.24) is 9.80 Å². The van der Waals surface area contributed by atoms with Gasteiger partial charge < -0.3 is 10.6 Å². The average Bonchev–Trinajstić information content (AvgIpc) is 2.98. The summed E-state index contributed by atoms with van der Waals surface area (Å²) in [6.45, 7) is 3.80. The molecule has 0 spiro atoms. The Morgan fingerprint density at radius 2 is 2.05 bits per heavy atom. The molecule has 2 aromatic heterocycles. The minimum Gasteiger partial charge on any atom is -0.392 e. The van der Waals surface area contributed by atoms with E-state index in [-0.39, 0.29) is 5.91 Å². The lowest BCUT2D eigenvalue weighted by atomic mass is 10.3. The van der Waals surface area contributed by atoms with Gasteiger partial charge in [0.15, 0.2) is 0 Å². The molecule has 0 saturated carbocycles. The summed E-state index contributed by atoms with van der Waals surface area (Å²) in [5.74, 6) is 0.147. The predicted molar refractivity (Wildman–Crippen MR) is 88.8 cm³/mol. The number of thiocarbonyl (C=S) groups is 1. The van der Waals surface area contributed by atoms with Gasteiger partial charge in [-0.1, -0.05) is 12.2 Å². The molecule has 0 unspecified atom stereocenters. The Bertz CT molecular complexity index is 612. The highest BCUT2D eigenvalue weighted by atomic mass is 32.1. The molecule has 2 N–H and O–H groups in total. The number of hydrogen-bond acceptors (Lipinski definition) is 5. The van der Waals surface area contributed by atoms with Gasteiger partial charge in [-0.25, -0.2) is 0 Å². The van der Waals surface area contributed by atoms with Crippen molar-refractivity contribution in [2.75, 3.05) is 32.7 Å². The zero-order chi connectivity index (χ0) is 14.1. The number of thiophene rings is 2. The molecule has 106 valence electrons. The fourth-order valence-electron chi connectivity index (χ4n) is 2.36. The first-order valence-electron chi connectivity index (χ1n) is 6.40. The molecule has 1 saturated heterocycles. The van der Waals surface area contributed by atoms with E-state index in [0.29, 0.717) is 11.5 Å². The number of nitrogens with two attached hydrogens (primary N) is 1. The molecular formula is C13H15N3OS3. The topological polar surface area (TPSA) is 49.6 Å². The average molecular weight is 325 g/mol. The Morgan fingerprint density at radius 1 is 1.30 bits per heavy atom. The van der Waals surface area contributed by atoms with Gasteiger partial charge in [0.05, 0.1) is 9.87 Å². The second-order valence-corrected chi connectivity index (χ2v) is 7.35. The van der Waals surface area contributed by atoms with Crippen molar-refractivity contribution in [3.05, 3.63) is 22.4 Å². The Hall–Kier alpha value is -1.02. The standard InChI is InChI=1S/C13H15N3OS3/c14-12(18)8-15-2-4-16(5-3-15)13(17)11-7-10-9(20-11)1-6-19-10/h1,6-7H,2-5,8H2,(H2,14,18). The molecule has 0 aliphatic carbocycles. The van der Waals surface area contributed by atoms with Crippen LogP contribution >= 0.6 is 34.9 Å². The van der Waals surface area contributed by atoms with E-state index in [0.717, 1.165) is 31.1 Å². The van der Waals surface area contributed by atoms with E-state index in [1.54, 1.807) is 22.7 Å². The maximum absolute atomic E-state index is 12.5. The lowest BCUT2D eigenvalue weighted by molar-refractivity contribution is 0.0659. The van der Waals surface area contributed by atoms with Crippen LogP contribution < -0.4 is 5.73 Å². The van der Waals surface area contributed by atoms with Gasteiger partial charge in [-0.3, -0.25) is 9.69 Å². The molecule has 0 radical (unpaired) electrons. The van der Waals surface area contributed by atoms with Crippen molar-refractivity contribution in [2.45, 2.75) is 0 Å². The van der Waals surface area contributed by atoms with Crippen LogP contribution in [0.15, 0.2) is 17.5 Å². The first kappa shape index (κ1) is 13.9. The van der Waals surface area contributed by atoms with E-state index in [2.05, 4.69) is 16.3 Å². The zero-order valence-corrected chi connectivity index (χ0v) is 13.3. The van der Waals surface area contributed by atoms with Crippen molar-refractivity contribution < 1.29 is 4.79 Å². The normalized spacial score (nSPS) is 16.7. The van der Waals surface area contributed by atoms with E-state index in [1.165, 1.54) is 9.40 Å². The van der Waals surface area contributed by atoms with Crippen LogP contribution in [-0.4, -0.2) is 53.4 Å². The van der Waals surface area contributed by atoms with Crippen LogP contribution in [0.1, 0.15) is 9.67 Å². The van der Waals surface area contributed by atoms with Crippen LogP contribution in [0.25, 0.3) is 9.40 Å². The summed E-state index contributed by atoms with van der Waals surface area (Å²) in [6.07, 6.45) is 0. The van der Waals surface area contributed by atoms with Gasteiger partial charge in [-0.2, -0.15) is 0 Å². The van der Waals surface area contributed by atoms with E-state index < -0.39 is 0 Å². The summed E-state index contributed by atoms with van der Waals surface area (Å²) in [6, 6.07) is 4.08. The van der Waals surface area contributed by atoms with Crippen LogP contribution in [0.3, 0.4) is 0 Å². The van der Waals surface area contributed by atoms with Crippen molar-refractivity contribution in [1.29, 1.82) is 0 Å². The number of nitrogens with zero attached hydrogens (tertiary/aromatic N) is 2. The quantitative estimate of drug-likeness (QED) is 0.877. The number of rotatable bonds is 3. The molecule has 1 fully saturated rings. The highest BCUT2D eigenvalue weighted by Crippen LogP contribution is 2.30. The van der Waals surface area contributed by atoms with E-state index in [4.69, 9.17) is 18.0 Å². The number of piperazine rings is 1. The molecule has 3 rings (SSSR count). The van der Waals surface area contributed by atoms with Crippen LogP contribution in [-0.2, 0) is 0 Å². The predicted octanol–water partition coefficient (Wildman–Crippen LogP) is 2.01. The smallest absolute Gasteiger partial charge is 0.264 e. The lowest BCUT2D eigenvalue weighted by Gasteiger charge is -2.34. The van der Waals surface area contributed by atoms with Gasteiger partial charge in [0, 0.05) is 42.1 Å². The molecule has 7 heteroatoms. The molecule has 0 bridgehead atoms. The van der Waals surface area contributed by atoms with E-state index >= 15 is 0 Å². The summed E-state index contributed by atoms with van der Waals surface area (Å²) in [7, 11) is 0. The highest BCUT2D eigenvalue weighted by Gasteiger charge is 2.23. The minimum atomic E-state index is 0.147. The van der Waals surface area contributed by atoms with Crippen LogP contribution in [0, 0.1) is 0 Å². The third-order valence-electron chi connectivity index (χ3n) is 3.39.